The summed E-state index contributed by atoms with van der Waals surface area (Å²) in [5.74, 6) is -0.491. The molecule has 1 aromatic heterocycles. The van der Waals surface area contributed by atoms with E-state index in [4.69, 9.17) is 0 Å². The first-order chi connectivity index (χ1) is 11.1. The number of hydrogen-bond acceptors (Lipinski definition) is 4. The molecule has 1 amide bonds. The molecule has 23 heavy (non-hydrogen) atoms. The molecule has 116 valence electrons. The van der Waals surface area contributed by atoms with Gasteiger partial charge in [-0.25, -0.2) is 5.43 Å². The fourth-order valence-corrected chi connectivity index (χ4v) is 2.34. The molecule has 4 N–H and O–H groups in total. The van der Waals surface area contributed by atoms with Crippen LogP contribution in [0.15, 0.2) is 53.8 Å². The van der Waals surface area contributed by atoms with Gasteiger partial charge in [-0.1, -0.05) is 18.2 Å². The van der Waals surface area contributed by atoms with E-state index in [9.17, 15) is 15.0 Å². The first kappa shape index (κ1) is 14.6. The number of para-hydroxylation sites is 1. The van der Waals surface area contributed by atoms with Crippen LogP contribution in [-0.4, -0.2) is 26.8 Å². The molecule has 0 aliphatic heterocycles. The smallest absolute Gasteiger partial charge is 0.273 e. The molecule has 0 saturated heterocycles. The molecule has 0 radical (unpaired) electrons. The maximum absolute atomic E-state index is 12.3. The van der Waals surface area contributed by atoms with Gasteiger partial charge in [-0.2, -0.15) is 5.10 Å². The Morgan fingerprint density at radius 2 is 1.91 bits per heavy atom. The molecule has 3 rings (SSSR count). The van der Waals surface area contributed by atoms with E-state index in [0.29, 0.717) is 16.8 Å². The van der Waals surface area contributed by atoms with Gasteiger partial charge in [0.25, 0.3) is 5.91 Å². The van der Waals surface area contributed by atoms with Crippen molar-refractivity contribution in [2.24, 2.45) is 5.10 Å². The average Bonchev–Trinajstić information content (AvgIpc) is 2.96. The van der Waals surface area contributed by atoms with Crippen LogP contribution >= 0.6 is 0 Å². The van der Waals surface area contributed by atoms with Gasteiger partial charge in [0.15, 0.2) is 0 Å². The Morgan fingerprint density at radius 1 is 1.13 bits per heavy atom. The van der Waals surface area contributed by atoms with Crippen LogP contribution in [0.25, 0.3) is 10.9 Å². The topological polar surface area (TPSA) is 97.7 Å². The van der Waals surface area contributed by atoms with Crippen LogP contribution in [0.4, 0.5) is 0 Å². The largest absolute Gasteiger partial charge is 0.508 e. The molecule has 0 unspecified atom stereocenters. The predicted octanol–water partition coefficient (Wildman–Crippen LogP) is 2.73. The number of fused-ring (bicyclic) bond motifs is 1. The number of carbonyl (C=O) groups excluding carboxylic acids is 1. The number of phenols is 2. The zero-order chi connectivity index (χ0) is 16.4. The Bertz CT molecular complexity index is 912. The van der Waals surface area contributed by atoms with Crippen molar-refractivity contribution in [3.8, 4) is 11.5 Å². The monoisotopic (exact) mass is 309 g/mol. The van der Waals surface area contributed by atoms with Gasteiger partial charge in [0, 0.05) is 28.7 Å². The highest BCUT2D eigenvalue weighted by Crippen LogP contribution is 2.23. The summed E-state index contributed by atoms with van der Waals surface area (Å²) in [5.41, 5.74) is 4.69. The van der Waals surface area contributed by atoms with Crippen molar-refractivity contribution in [1.82, 2.24) is 10.4 Å². The van der Waals surface area contributed by atoms with Gasteiger partial charge in [0.05, 0.1) is 11.3 Å². The Kier molecular flexibility index (Phi) is 3.72. The quantitative estimate of drug-likeness (QED) is 0.442. The average molecular weight is 309 g/mol. The van der Waals surface area contributed by atoms with Crippen molar-refractivity contribution in [1.29, 1.82) is 0 Å². The highest BCUT2D eigenvalue weighted by Gasteiger charge is 2.12. The lowest BCUT2D eigenvalue weighted by molar-refractivity contribution is 0.0956. The molecular formula is C17H15N3O3. The summed E-state index contributed by atoms with van der Waals surface area (Å²) in [5, 5.41) is 23.9. The second-order valence-corrected chi connectivity index (χ2v) is 5.09. The van der Waals surface area contributed by atoms with Crippen molar-refractivity contribution >= 4 is 22.5 Å². The maximum Gasteiger partial charge on any atom is 0.273 e. The van der Waals surface area contributed by atoms with Crippen molar-refractivity contribution < 1.29 is 15.0 Å². The number of nitrogens with one attached hydrogen (secondary N) is 2. The Balaban J connectivity index is 1.82. The zero-order valence-electron chi connectivity index (χ0n) is 12.4. The Labute approximate surface area is 132 Å². The molecule has 0 aliphatic carbocycles. The summed E-state index contributed by atoms with van der Waals surface area (Å²) in [4.78, 5) is 15.3. The number of hydrazone groups is 1. The van der Waals surface area contributed by atoms with E-state index < -0.39 is 0 Å². The molecule has 6 heteroatoms. The number of aromatic hydroxyl groups is 2. The van der Waals surface area contributed by atoms with Crippen LogP contribution in [0.1, 0.15) is 22.8 Å². The summed E-state index contributed by atoms with van der Waals surface area (Å²) in [6.45, 7) is 1.65. The van der Waals surface area contributed by atoms with E-state index in [1.165, 1.54) is 18.2 Å². The highest BCUT2D eigenvalue weighted by molar-refractivity contribution is 6.08. The minimum Gasteiger partial charge on any atom is -0.508 e. The van der Waals surface area contributed by atoms with Gasteiger partial charge in [-0.3, -0.25) is 4.79 Å². The second kappa shape index (κ2) is 5.84. The Morgan fingerprint density at radius 3 is 2.70 bits per heavy atom. The van der Waals surface area contributed by atoms with E-state index in [0.717, 1.165) is 10.9 Å². The van der Waals surface area contributed by atoms with Gasteiger partial charge in [-0.05, 0) is 25.1 Å². The molecule has 0 saturated carbocycles. The normalized spacial score (nSPS) is 11.6. The number of carbonyl (C=O) groups is 1. The summed E-state index contributed by atoms with van der Waals surface area (Å²) < 4.78 is 0. The molecule has 0 spiro atoms. The van der Waals surface area contributed by atoms with Crippen LogP contribution in [0.5, 0.6) is 11.5 Å². The van der Waals surface area contributed by atoms with E-state index in [1.54, 1.807) is 13.1 Å². The third kappa shape index (κ3) is 2.87. The van der Waals surface area contributed by atoms with Crippen LogP contribution < -0.4 is 5.43 Å². The van der Waals surface area contributed by atoms with Crippen LogP contribution in [-0.2, 0) is 0 Å². The number of aromatic nitrogens is 1. The minimum absolute atomic E-state index is 0.0399. The third-order valence-electron chi connectivity index (χ3n) is 3.53. The summed E-state index contributed by atoms with van der Waals surface area (Å²) in [6, 6.07) is 11.7. The lowest BCUT2D eigenvalue weighted by atomic mass is 10.1. The van der Waals surface area contributed by atoms with E-state index in [-0.39, 0.29) is 17.4 Å². The molecule has 3 aromatic rings. The van der Waals surface area contributed by atoms with Crippen molar-refractivity contribution in [3.05, 3.63) is 59.8 Å². The molecule has 0 atom stereocenters. The number of amides is 1. The molecule has 2 aromatic carbocycles. The number of benzene rings is 2. The molecular weight excluding hydrogens is 294 g/mol. The van der Waals surface area contributed by atoms with Gasteiger partial charge < -0.3 is 15.2 Å². The standard InChI is InChI=1S/C17H15N3O3/c1-10(12-7-6-11(21)8-16(12)22)19-20-17(23)14-9-18-15-5-3-2-4-13(14)15/h2-9,18,21-22H,1H3,(H,20,23)/b19-10-. The first-order valence-electron chi connectivity index (χ1n) is 6.99. The molecule has 0 aliphatic rings. The summed E-state index contributed by atoms with van der Waals surface area (Å²) in [7, 11) is 0. The molecule has 6 nitrogen and oxygen atoms in total. The van der Waals surface area contributed by atoms with E-state index in [1.807, 2.05) is 24.3 Å². The lowest BCUT2D eigenvalue weighted by Crippen LogP contribution is -2.19. The fraction of sp³-hybridized carbons (Fsp3) is 0.0588. The van der Waals surface area contributed by atoms with E-state index in [2.05, 4.69) is 15.5 Å². The predicted molar refractivity (Wildman–Crippen MR) is 87.7 cm³/mol. The minimum atomic E-state index is -0.347. The molecule has 0 bridgehead atoms. The first-order valence-corrected chi connectivity index (χ1v) is 6.99. The number of rotatable bonds is 3. The van der Waals surface area contributed by atoms with Crippen molar-refractivity contribution in [2.45, 2.75) is 6.92 Å². The van der Waals surface area contributed by atoms with Gasteiger partial charge in [-0.15, -0.1) is 0 Å². The number of nitrogens with zero attached hydrogens (tertiary/aromatic N) is 1. The number of H-pyrrole nitrogens is 1. The van der Waals surface area contributed by atoms with E-state index >= 15 is 0 Å². The van der Waals surface area contributed by atoms with Gasteiger partial charge >= 0.3 is 0 Å². The number of aromatic amines is 1. The number of phenolic OH excluding ortho intramolecular Hbond substituents is 2. The van der Waals surface area contributed by atoms with Crippen molar-refractivity contribution in [3.63, 3.8) is 0 Å². The van der Waals surface area contributed by atoms with Crippen molar-refractivity contribution in [2.75, 3.05) is 0 Å². The summed E-state index contributed by atoms with van der Waals surface area (Å²) >= 11 is 0. The SMILES string of the molecule is C/C(=N/NC(=O)c1c[nH]c2ccccc12)c1ccc(O)cc1O. The zero-order valence-corrected chi connectivity index (χ0v) is 12.4. The Hall–Kier alpha value is -3.28. The highest BCUT2D eigenvalue weighted by atomic mass is 16.3. The fourth-order valence-electron chi connectivity index (χ4n) is 2.34. The molecule has 1 heterocycles. The number of hydrogen-bond donors (Lipinski definition) is 4. The van der Waals surface area contributed by atoms with Gasteiger partial charge in [0.1, 0.15) is 11.5 Å². The molecule has 0 fully saturated rings. The second-order valence-electron chi connectivity index (χ2n) is 5.09. The van der Waals surface area contributed by atoms with Crippen LogP contribution in [0.3, 0.4) is 0 Å². The van der Waals surface area contributed by atoms with Crippen LogP contribution in [0.2, 0.25) is 0 Å². The summed E-state index contributed by atoms with van der Waals surface area (Å²) in [6.07, 6.45) is 1.63. The van der Waals surface area contributed by atoms with Crippen LogP contribution in [0, 0.1) is 0 Å². The van der Waals surface area contributed by atoms with Gasteiger partial charge in [0.2, 0.25) is 0 Å². The maximum atomic E-state index is 12.3. The lowest BCUT2D eigenvalue weighted by Gasteiger charge is -2.05. The third-order valence-corrected chi connectivity index (χ3v) is 3.53.